The number of anilines is 1. The predicted molar refractivity (Wildman–Crippen MR) is 156 cm³/mol. The van der Waals surface area contributed by atoms with Crippen LogP contribution in [0.15, 0.2) is 70.3 Å². The Morgan fingerprint density at radius 2 is 2.05 bits per heavy atom. The number of fused-ring (bicyclic) bond motifs is 1. The second-order valence-electron chi connectivity index (χ2n) is 10.0. The molecule has 13 heteroatoms. The van der Waals surface area contributed by atoms with E-state index in [0.29, 0.717) is 60.4 Å². The fraction of sp³-hybridized carbons (Fsp3) is 0.276. The molecular formula is C29H25ClFN7O3S. The van der Waals surface area contributed by atoms with E-state index in [4.69, 9.17) is 26.6 Å². The lowest BCUT2D eigenvalue weighted by atomic mass is 9.95. The van der Waals surface area contributed by atoms with Crippen LogP contribution in [0, 0.1) is 17.1 Å². The van der Waals surface area contributed by atoms with E-state index in [1.165, 1.54) is 36.6 Å². The Morgan fingerprint density at radius 3 is 2.74 bits per heavy atom. The van der Waals surface area contributed by atoms with Gasteiger partial charge >= 0.3 is 12.0 Å². The number of nitriles is 1. The number of benzene rings is 2. The number of methoxy groups -OCH3 is 1. The fourth-order valence-electron chi connectivity index (χ4n) is 5.54. The maximum absolute atomic E-state index is 13.9. The number of carbonyl (C=O) groups is 2. The van der Waals surface area contributed by atoms with E-state index < -0.39 is 17.8 Å². The minimum absolute atomic E-state index is 0.0675. The molecule has 3 aromatic rings. The second kappa shape index (κ2) is 11.5. The first kappa shape index (κ1) is 27.8. The number of aromatic nitrogens is 1. The molecule has 6 rings (SSSR count). The Morgan fingerprint density at radius 1 is 1.24 bits per heavy atom. The van der Waals surface area contributed by atoms with E-state index >= 15 is 0 Å². The van der Waals surface area contributed by atoms with Crippen LogP contribution in [-0.2, 0) is 9.53 Å². The number of amides is 2. The number of rotatable bonds is 6. The third-order valence-electron chi connectivity index (χ3n) is 7.55. The zero-order valence-electron chi connectivity index (χ0n) is 22.5. The molecule has 2 saturated heterocycles. The average molecular weight is 606 g/mol. The van der Waals surface area contributed by atoms with Gasteiger partial charge in [0.05, 0.1) is 30.4 Å². The first-order chi connectivity index (χ1) is 20.4. The molecule has 0 spiro atoms. The van der Waals surface area contributed by atoms with E-state index in [1.54, 1.807) is 35.4 Å². The van der Waals surface area contributed by atoms with Gasteiger partial charge in [-0.15, -0.1) is 11.3 Å². The molecule has 0 unspecified atom stereocenters. The standard InChI is InChI=1S/C29H25ClFN7O3S/c1-41-28(39)24-23(34-26(27-33-8-11-42-27)35-25(24)21-7-4-18(31)12-22(21)30)16-36-9-10-37-20(14-36)15-38(29(37)40)19-5-2-17(13-32)3-6-19/h2-8,11-12,20,25H,9-10,14-16H2,1H3,(H,34,35)/t20-,25-/m0/s1. The first-order valence-electron chi connectivity index (χ1n) is 13.2. The number of thiazole rings is 1. The zero-order chi connectivity index (χ0) is 29.4. The SMILES string of the molecule is COC(=O)C1=C(CN2CCN3C(=O)N(c4ccc(C#N)cc4)C[C@@H]3C2)NC(c2nccs2)=N[C@H]1c1ccc(F)cc1Cl. The molecule has 1 N–H and O–H groups in total. The van der Waals surface area contributed by atoms with Gasteiger partial charge in [-0.2, -0.15) is 5.26 Å². The van der Waals surface area contributed by atoms with Crippen LogP contribution in [0.4, 0.5) is 14.9 Å². The maximum Gasteiger partial charge on any atom is 0.338 e. The largest absolute Gasteiger partial charge is 0.466 e. The molecule has 2 amide bonds. The number of urea groups is 1. The minimum atomic E-state index is -0.845. The number of nitrogens with zero attached hydrogens (tertiary/aromatic N) is 6. The highest BCUT2D eigenvalue weighted by molar-refractivity contribution is 7.11. The van der Waals surface area contributed by atoms with Crippen molar-refractivity contribution in [2.75, 3.05) is 44.7 Å². The summed E-state index contributed by atoms with van der Waals surface area (Å²) in [5.41, 5.74) is 2.60. The summed E-state index contributed by atoms with van der Waals surface area (Å²) in [5.74, 6) is -0.601. The first-order valence-corrected chi connectivity index (χ1v) is 14.4. The van der Waals surface area contributed by atoms with Crippen molar-refractivity contribution in [3.63, 3.8) is 0 Å². The summed E-state index contributed by atoms with van der Waals surface area (Å²) >= 11 is 7.85. The maximum atomic E-state index is 13.9. The molecule has 42 heavy (non-hydrogen) atoms. The molecule has 0 aliphatic carbocycles. The van der Waals surface area contributed by atoms with Gasteiger partial charge < -0.3 is 15.0 Å². The number of hydrogen-bond acceptors (Lipinski definition) is 9. The Labute approximate surface area is 250 Å². The lowest BCUT2D eigenvalue weighted by Gasteiger charge is -2.38. The zero-order valence-corrected chi connectivity index (χ0v) is 24.0. The van der Waals surface area contributed by atoms with Crippen molar-refractivity contribution in [3.05, 3.63) is 92.3 Å². The fourth-order valence-corrected chi connectivity index (χ4v) is 6.40. The Balaban J connectivity index is 1.29. The molecule has 2 aromatic carbocycles. The number of halogens is 2. The molecule has 2 atom stereocenters. The van der Waals surface area contributed by atoms with Crippen molar-refractivity contribution in [2.45, 2.75) is 12.1 Å². The Bertz CT molecular complexity index is 1640. The summed E-state index contributed by atoms with van der Waals surface area (Å²) in [7, 11) is 1.30. The van der Waals surface area contributed by atoms with Gasteiger partial charge in [0, 0.05) is 66.3 Å². The Hall–Kier alpha value is -4.31. The normalized spacial score (nSPS) is 20.6. The van der Waals surface area contributed by atoms with Gasteiger partial charge in [-0.25, -0.2) is 19.0 Å². The van der Waals surface area contributed by atoms with E-state index in [2.05, 4.69) is 21.3 Å². The van der Waals surface area contributed by atoms with E-state index in [0.717, 1.165) is 5.69 Å². The van der Waals surface area contributed by atoms with Crippen molar-refractivity contribution >= 4 is 46.5 Å². The number of carbonyl (C=O) groups excluding carboxylic acids is 2. The van der Waals surface area contributed by atoms with Crippen LogP contribution in [0.5, 0.6) is 0 Å². The molecule has 0 radical (unpaired) electrons. The van der Waals surface area contributed by atoms with Crippen LogP contribution in [0.2, 0.25) is 5.02 Å². The monoisotopic (exact) mass is 605 g/mol. The summed E-state index contributed by atoms with van der Waals surface area (Å²) in [6, 6.07) is 12.1. The van der Waals surface area contributed by atoms with Crippen molar-refractivity contribution < 1.29 is 18.7 Å². The van der Waals surface area contributed by atoms with Crippen LogP contribution in [0.25, 0.3) is 0 Å². The molecule has 2 fully saturated rings. The van der Waals surface area contributed by atoms with Gasteiger partial charge in [0.15, 0.2) is 10.8 Å². The molecule has 10 nitrogen and oxygen atoms in total. The minimum Gasteiger partial charge on any atom is -0.466 e. The molecule has 0 bridgehead atoms. The number of amidine groups is 1. The van der Waals surface area contributed by atoms with Gasteiger partial charge in [0.1, 0.15) is 11.9 Å². The quantitative estimate of drug-likeness (QED) is 0.423. The van der Waals surface area contributed by atoms with Crippen LogP contribution in [0.1, 0.15) is 22.2 Å². The highest BCUT2D eigenvalue weighted by Crippen LogP contribution is 2.37. The summed E-state index contributed by atoms with van der Waals surface area (Å²) in [6.45, 7) is 2.51. The van der Waals surface area contributed by atoms with Crippen LogP contribution in [-0.4, -0.2) is 78.5 Å². The molecule has 3 aliphatic rings. The van der Waals surface area contributed by atoms with Crippen molar-refractivity contribution in [1.82, 2.24) is 20.1 Å². The highest BCUT2D eigenvalue weighted by atomic mass is 35.5. The molecular weight excluding hydrogens is 581 g/mol. The van der Waals surface area contributed by atoms with Crippen molar-refractivity contribution in [1.29, 1.82) is 5.26 Å². The lowest BCUT2D eigenvalue weighted by molar-refractivity contribution is -0.136. The van der Waals surface area contributed by atoms with E-state index in [-0.39, 0.29) is 22.7 Å². The van der Waals surface area contributed by atoms with Gasteiger partial charge in [0.2, 0.25) is 0 Å². The van der Waals surface area contributed by atoms with Crippen LogP contribution in [0.3, 0.4) is 0 Å². The van der Waals surface area contributed by atoms with Crippen molar-refractivity contribution in [2.24, 2.45) is 4.99 Å². The summed E-state index contributed by atoms with van der Waals surface area (Å²) in [5, 5.41) is 15.0. The predicted octanol–water partition coefficient (Wildman–Crippen LogP) is 3.95. The number of piperazine rings is 1. The van der Waals surface area contributed by atoms with E-state index in [1.807, 2.05) is 10.3 Å². The van der Waals surface area contributed by atoms with Crippen LogP contribution < -0.4 is 10.2 Å². The molecule has 214 valence electrons. The molecule has 4 heterocycles. The topological polar surface area (TPSA) is 114 Å². The Kier molecular flexibility index (Phi) is 7.64. The number of ether oxygens (including phenoxy) is 1. The number of aliphatic imine (C=N–C) groups is 1. The van der Waals surface area contributed by atoms with E-state index in [9.17, 15) is 14.0 Å². The molecule has 3 aliphatic heterocycles. The third-order valence-corrected chi connectivity index (χ3v) is 8.66. The third kappa shape index (κ3) is 5.22. The van der Waals surface area contributed by atoms with Crippen molar-refractivity contribution in [3.8, 4) is 6.07 Å². The average Bonchev–Trinajstić information content (AvgIpc) is 3.65. The molecule has 0 saturated carbocycles. The van der Waals surface area contributed by atoms with Gasteiger partial charge in [0.25, 0.3) is 0 Å². The highest BCUT2D eigenvalue weighted by Gasteiger charge is 2.42. The second-order valence-corrected chi connectivity index (χ2v) is 11.3. The summed E-state index contributed by atoms with van der Waals surface area (Å²) in [6.07, 6.45) is 1.67. The molecule has 1 aromatic heterocycles. The summed E-state index contributed by atoms with van der Waals surface area (Å²) < 4.78 is 19.1. The van der Waals surface area contributed by atoms with Crippen LogP contribution >= 0.6 is 22.9 Å². The lowest BCUT2D eigenvalue weighted by Crippen LogP contribution is -2.53. The summed E-state index contributed by atoms with van der Waals surface area (Å²) in [4.78, 5) is 41.4. The number of esters is 1. The smallest absolute Gasteiger partial charge is 0.338 e. The number of hydrogen-bond donors (Lipinski definition) is 1. The van der Waals surface area contributed by atoms with Gasteiger partial charge in [-0.05, 0) is 36.4 Å². The number of nitrogens with one attached hydrogen (secondary N) is 1. The van der Waals surface area contributed by atoms with Gasteiger partial charge in [-0.1, -0.05) is 17.7 Å². The van der Waals surface area contributed by atoms with Gasteiger partial charge in [-0.3, -0.25) is 14.8 Å².